The van der Waals surface area contributed by atoms with E-state index in [9.17, 15) is 9.18 Å². The molecule has 4 heteroatoms. The van der Waals surface area contributed by atoms with E-state index in [0.717, 1.165) is 43.6 Å². The second kappa shape index (κ2) is 16.4. The highest BCUT2D eigenvalue weighted by Crippen LogP contribution is 2.10. The average Bonchev–Trinajstić information content (AvgIpc) is 2.80. The predicted octanol–water partition coefficient (Wildman–Crippen LogP) is 6.81. The quantitative estimate of drug-likeness (QED) is 0.265. The first kappa shape index (κ1) is 26.1. The molecule has 0 saturated carbocycles. The molecule has 2 aromatic carbocycles. The third-order valence-electron chi connectivity index (χ3n) is 5.84. The Bertz CT molecular complexity index is 760. The Hall–Kier alpha value is -2.20. The van der Waals surface area contributed by atoms with Crippen LogP contribution in [0.1, 0.15) is 92.6 Å². The number of carbonyl (C=O) groups is 1. The lowest BCUT2D eigenvalue weighted by Gasteiger charge is -2.08. The molecule has 176 valence electrons. The summed E-state index contributed by atoms with van der Waals surface area (Å²) in [6.45, 7) is 4.52. The third-order valence-corrected chi connectivity index (χ3v) is 5.84. The topological polar surface area (TPSA) is 41.1 Å². The van der Waals surface area contributed by atoms with E-state index >= 15 is 0 Å². The minimum atomic E-state index is -0.190. The van der Waals surface area contributed by atoms with Crippen molar-refractivity contribution in [1.82, 2.24) is 10.6 Å². The Morgan fingerprint density at radius 1 is 0.781 bits per heavy atom. The fourth-order valence-electron chi connectivity index (χ4n) is 3.85. The van der Waals surface area contributed by atoms with E-state index in [1.165, 1.54) is 63.9 Å². The van der Waals surface area contributed by atoms with E-state index in [0.29, 0.717) is 5.56 Å². The molecule has 2 N–H and O–H groups in total. The first-order valence-corrected chi connectivity index (χ1v) is 12.5. The largest absolute Gasteiger partial charge is 0.352 e. The summed E-state index contributed by atoms with van der Waals surface area (Å²) >= 11 is 0. The summed E-state index contributed by atoms with van der Waals surface area (Å²) in [6, 6.07) is 14.5. The van der Waals surface area contributed by atoms with Crippen molar-refractivity contribution in [3.63, 3.8) is 0 Å². The van der Waals surface area contributed by atoms with Crippen LogP contribution in [0, 0.1) is 5.82 Å². The van der Waals surface area contributed by atoms with Crippen molar-refractivity contribution in [2.45, 2.75) is 84.1 Å². The Balaban J connectivity index is 1.51. The van der Waals surface area contributed by atoms with Gasteiger partial charge < -0.3 is 10.6 Å². The zero-order valence-electron chi connectivity index (χ0n) is 19.8. The summed E-state index contributed by atoms with van der Waals surface area (Å²) in [6.07, 6.45) is 13.8. The molecule has 0 aliphatic heterocycles. The van der Waals surface area contributed by atoms with E-state index < -0.39 is 0 Å². The van der Waals surface area contributed by atoms with Gasteiger partial charge in [0.2, 0.25) is 0 Å². The molecular formula is C28H41FN2O. The summed E-state index contributed by atoms with van der Waals surface area (Å²) in [4.78, 5) is 12.3. The maximum atomic E-state index is 13.2. The van der Waals surface area contributed by atoms with Crippen molar-refractivity contribution in [3.8, 4) is 0 Å². The Kier molecular flexibility index (Phi) is 13.4. The fraction of sp³-hybridized carbons (Fsp3) is 0.536. The molecule has 0 radical (unpaired) electrons. The number of hydrogen-bond donors (Lipinski definition) is 2. The zero-order valence-corrected chi connectivity index (χ0v) is 19.8. The van der Waals surface area contributed by atoms with Gasteiger partial charge in [-0.1, -0.05) is 89.0 Å². The fourth-order valence-corrected chi connectivity index (χ4v) is 3.85. The van der Waals surface area contributed by atoms with Crippen molar-refractivity contribution >= 4 is 5.91 Å². The number of halogens is 1. The van der Waals surface area contributed by atoms with Gasteiger partial charge in [0.05, 0.1) is 0 Å². The molecular weight excluding hydrogens is 399 g/mol. The molecule has 0 aromatic heterocycles. The summed E-state index contributed by atoms with van der Waals surface area (Å²) in [5.74, 6) is -0.184. The van der Waals surface area contributed by atoms with Crippen LogP contribution in [0.4, 0.5) is 4.39 Å². The minimum Gasteiger partial charge on any atom is -0.352 e. The SMILES string of the molecule is CCCCCCCCCCCCNC(=O)c1ccc(CNCCc2cccc(F)c2)cc1. The molecule has 0 heterocycles. The predicted molar refractivity (Wildman–Crippen MR) is 132 cm³/mol. The average molecular weight is 441 g/mol. The molecule has 0 atom stereocenters. The molecule has 0 unspecified atom stereocenters. The number of benzene rings is 2. The van der Waals surface area contributed by atoms with E-state index in [2.05, 4.69) is 17.6 Å². The first-order valence-electron chi connectivity index (χ1n) is 12.5. The normalized spacial score (nSPS) is 10.9. The summed E-state index contributed by atoms with van der Waals surface area (Å²) < 4.78 is 13.2. The number of amides is 1. The number of rotatable bonds is 17. The van der Waals surface area contributed by atoms with Crippen LogP contribution in [0.15, 0.2) is 48.5 Å². The van der Waals surface area contributed by atoms with E-state index in [4.69, 9.17) is 0 Å². The highest BCUT2D eigenvalue weighted by atomic mass is 19.1. The van der Waals surface area contributed by atoms with Crippen LogP contribution in [0.3, 0.4) is 0 Å². The molecule has 32 heavy (non-hydrogen) atoms. The lowest BCUT2D eigenvalue weighted by Crippen LogP contribution is -2.24. The zero-order chi connectivity index (χ0) is 22.9. The summed E-state index contributed by atoms with van der Waals surface area (Å²) in [7, 11) is 0. The molecule has 0 aliphatic carbocycles. The van der Waals surface area contributed by atoms with Gasteiger partial charge in [-0.25, -0.2) is 4.39 Å². The Labute approximate surface area is 194 Å². The molecule has 0 bridgehead atoms. The Morgan fingerprint density at radius 3 is 2.09 bits per heavy atom. The van der Waals surface area contributed by atoms with Crippen LogP contribution in [-0.2, 0) is 13.0 Å². The van der Waals surface area contributed by atoms with Gasteiger partial charge in [-0.05, 0) is 54.8 Å². The van der Waals surface area contributed by atoms with Crippen LogP contribution >= 0.6 is 0 Å². The number of hydrogen-bond acceptors (Lipinski definition) is 2. The van der Waals surface area contributed by atoms with Crippen LogP contribution < -0.4 is 10.6 Å². The summed E-state index contributed by atoms with van der Waals surface area (Å²) in [5, 5.41) is 6.40. The van der Waals surface area contributed by atoms with Crippen molar-refractivity contribution < 1.29 is 9.18 Å². The van der Waals surface area contributed by atoms with Crippen LogP contribution in [-0.4, -0.2) is 19.0 Å². The second-order valence-electron chi connectivity index (χ2n) is 8.69. The number of carbonyl (C=O) groups excluding carboxylic acids is 1. The van der Waals surface area contributed by atoms with Crippen molar-refractivity contribution in [2.24, 2.45) is 0 Å². The number of unbranched alkanes of at least 4 members (excludes halogenated alkanes) is 9. The lowest BCUT2D eigenvalue weighted by molar-refractivity contribution is 0.0953. The van der Waals surface area contributed by atoms with Crippen LogP contribution in [0.5, 0.6) is 0 Å². The van der Waals surface area contributed by atoms with E-state index in [1.807, 2.05) is 30.3 Å². The lowest BCUT2D eigenvalue weighted by atomic mass is 10.1. The molecule has 2 rings (SSSR count). The third kappa shape index (κ3) is 11.4. The molecule has 0 saturated heterocycles. The van der Waals surface area contributed by atoms with Crippen molar-refractivity contribution in [3.05, 3.63) is 71.0 Å². The van der Waals surface area contributed by atoms with Gasteiger partial charge in [-0.15, -0.1) is 0 Å². The van der Waals surface area contributed by atoms with Gasteiger partial charge in [-0.2, -0.15) is 0 Å². The molecule has 0 spiro atoms. The molecule has 0 fully saturated rings. The molecule has 2 aromatic rings. The summed E-state index contributed by atoms with van der Waals surface area (Å²) in [5.41, 5.74) is 2.84. The molecule has 3 nitrogen and oxygen atoms in total. The number of nitrogens with one attached hydrogen (secondary N) is 2. The Morgan fingerprint density at radius 2 is 1.44 bits per heavy atom. The van der Waals surface area contributed by atoms with Gasteiger partial charge in [0, 0.05) is 18.7 Å². The van der Waals surface area contributed by atoms with Crippen molar-refractivity contribution in [1.29, 1.82) is 0 Å². The highest BCUT2D eigenvalue weighted by Gasteiger charge is 2.05. The standard InChI is InChI=1S/C28H41FN2O/c1-2-3-4-5-6-7-8-9-10-11-20-31-28(32)26-17-15-25(16-18-26)23-30-21-19-24-13-12-14-27(29)22-24/h12-18,22,30H,2-11,19-21,23H2,1H3,(H,31,32). The van der Waals surface area contributed by atoms with Crippen LogP contribution in [0.2, 0.25) is 0 Å². The van der Waals surface area contributed by atoms with Crippen LogP contribution in [0.25, 0.3) is 0 Å². The van der Waals surface area contributed by atoms with Gasteiger partial charge in [0.25, 0.3) is 5.91 Å². The highest BCUT2D eigenvalue weighted by molar-refractivity contribution is 5.94. The smallest absolute Gasteiger partial charge is 0.251 e. The maximum absolute atomic E-state index is 13.2. The van der Waals surface area contributed by atoms with Gasteiger partial charge >= 0.3 is 0 Å². The maximum Gasteiger partial charge on any atom is 0.251 e. The minimum absolute atomic E-state index is 0.00605. The van der Waals surface area contributed by atoms with E-state index in [-0.39, 0.29) is 11.7 Å². The first-order chi connectivity index (χ1) is 15.7. The van der Waals surface area contributed by atoms with E-state index in [1.54, 1.807) is 12.1 Å². The second-order valence-corrected chi connectivity index (χ2v) is 8.69. The van der Waals surface area contributed by atoms with Gasteiger partial charge in [0.1, 0.15) is 5.82 Å². The molecule has 0 aliphatic rings. The van der Waals surface area contributed by atoms with Gasteiger partial charge in [-0.3, -0.25) is 4.79 Å². The monoisotopic (exact) mass is 440 g/mol. The van der Waals surface area contributed by atoms with Gasteiger partial charge in [0.15, 0.2) is 0 Å². The molecule has 1 amide bonds. The van der Waals surface area contributed by atoms with Crippen molar-refractivity contribution in [2.75, 3.05) is 13.1 Å².